The first-order valence-electron chi connectivity index (χ1n) is 7.00. The number of hydrogen-bond acceptors (Lipinski definition) is 6. The van der Waals surface area contributed by atoms with E-state index in [1.807, 2.05) is 0 Å². The number of nitro benzene ring substituents is 1. The first-order chi connectivity index (χ1) is 12.3. The van der Waals surface area contributed by atoms with E-state index < -0.39 is 63.1 Å². The summed E-state index contributed by atoms with van der Waals surface area (Å²) in [7, 11) is -4.01. The fraction of sp³-hybridized carbons (Fsp3) is 0.462. The van der Waals surface area contributed by atoms with Gasteiger partial charge in [-0.25, -0.2) is 17.2 Å². The van der Waals surface area contributed by atoms with Crippen molar-refractivity contribution in [3.05, 3.63) is 34.4 Å². The second-order valence-corrected chi connectivity index (χ2v) is 7.14. The number of likely N-dealkylation sites (N-methyl/N-ethyl adjacent to an activating group) is 1. The first kappa shape index (κ1) is 22.7. The number of benzene rings is 1. The van der Waals surface area contributed by atoms with Crippen LogP contribution in [-0.4, -0.2) is 67.4 Å². The minimum atomic E-state index is -4.75. The van der Waals surface area contributed by atoms with Gasteiger partial charge in [0.1, 0.15) is 12.6 Å². The van der Waals surface area contributed by atoms with Crippen LogP contribution in [0.15, 0.2) is 29.2 Å². The molecule has 0 unspecified atom stereocenters. The van der Waals surface area contributed by atoms with Gasteiger partial charge in [-0.05, 0) is 6.07 Å². The van der Waals surface area contributed by atoms with Crippen molar-refractivity contribution >= 4 is 21.7 Å². The number of nitro groups is 1. The van der Waals surface area contributed by atoms with Crippen LogP contribution < -0.4 is 0 Å². The van der Waals surface area contributed by atoms with Gasteiger partial charge in [-0.3, -0.25) is 14.9 Å². The van der Waals surface area contributed by atoms with Crippen molar-refractivity contribution < 1.29 is 45.5 Å². The number of ether oxygens (including phenoxy) is 1. The zero-order valence-electron chi connectivity index (χ0n) is 13.6. The maximum atomic E-state index is 12.8. The van der Waals surface area contributed by atoms with Gasteiger partial charge in [0.15, 0.2) is 4.90 Å². The summed E-state index contributed by atoms with van der Waals surface area (Å²) in [6.45, 7) is -3.03. The van der Waals surface area contributed by atoms with Crippen LogP contribution in [0.3, 0.4) is 0 Å². The van der Waals surface area contributed by atoms with Crippen LogP contribution in [-0.2, 0) is 19.6 Å². The molecule has 1 aromatic rings. The van der Waals surface area contributed by atoms with Gasteiger partial charge in [0.25, 0.3) is 15.7 Å². The number of sulfonamides is 1. The Morgan fingerprint density at radius 2 is 1.93 bits per heavy atom. The first-order valence-corrected chi connectivity index (χ1v) is 8.44. The van der Waals surface area contributed by atoms with E-state index in [0.29, 0.717) is 0 Å². The summed E-state index contributed by atoms with van der Waals surface area (Å²) in [4.78, 5) is 20.4. The highest BCUT2D eigenvalue weighted by molar-refractivity contribution is 7.89. The lowest BCUT2D eigenvalue weighted by atomic mass is 10.3. The smallest absolute Gasteiger partial charge is 0.330 e. The van der Waals surface area contributed by atoms with E-state index in [1.54, 1.807) is 0 Å². The molecule has 0 radical (unpaired) electrons. The standard InChI is InChI=1S/C13H14F4N2O7S/c1-18(9(11(20)21)6-26-7-13(16,17)12(14)15)27(24,25)10-5-3-2-4-8(10)19(22)23/h2-5,9,12H,6-7H2,1H3,(H,20,21)/t9-/m0/s1. The van der Waals surface area contributed by atoms with E-state index in [2.05, 4.69) is 4.74 Å². The number of aliphatic carboxylic acids is 1. The lowest BCUT2D eigenvalue weighted by Gasteiger charge is -2.25. The SMILES string of the molecule is CN([C@@H](COCC(F)(F)C(F)F)C(=O)O)S(=O)(=O)c1ccccc1[N+](=O)[O-]. The van der Waals surface area contributed by atoms with Gasteiger partial charge in [-0.15, -0.1) is 0 Å². The molecule has 0 heterocycles. The summed E-state index contributed by atoms with van der Waals surface area (Å²) in [6, 6.07) is 1.97. The molecule has 9 nitrogen and oxygen atoms in total. The van der Waals surface area contributed by atoms with Crippen molar-refractivity contribution in [2.24, 2.45) is 0 Å². The Bertz CT molecular complexity index is 804. The Balaban J connectivity index is 3.09. The largest absolute Gasteiger partial charge is 0.480 e. The molecule has 1 rings (SSSR count). The van der Waals surface area contributed by atoms with Crippen molar-refractivity contribution in [1.82, 2.24) is 4.31 Å². The third-order valence-corrected chi connectivity index (χ3v) is 5.25. The normalized spacial score (nSPS) is 13.7. The van der Waals surface area contributed by atoms with Crippen LogP contribution >= 0.6 is 0 Å². The number of carboxylic acids is 1. The average molecular weight is 418 g/mol. The summed E-state index contributed by atoms with van der Waals surface area (Å²) in [6.07, 6.45) is -4.06. The molecule has 152 valence electrons. The maximum Gasteiger partial charge on any atom is 0.330 e. The molecule has 1 aromatic carbocycles. The number of rotatable bonds is 10. The summed E-state index contributed by atoms with van der Waals surface area (Å²) in [5.74, 6) is -6.39. The molecule has 1 atom stereocenters. The molecule has 0 spiro atoms. The third-order valence-electron chi connectivity index (χ3n) is 3.33. The predicted molar refractivity (Wildman–Crippen MR) is 81.2 cm³/mol. The molecule has 0 aliphatic carbocycles. The van der Waals surface area contributed by atoms with Crippen LogP contribution in [0.5, 0.6) is 0 Å². The molecule has 0 aromatic heterocycles. The molecule has 0 fully saturated rings. The molecule has 0 amide bonds. The Morgan fingerprint density at radius 1 is 1.37 bits per heavy atom. The Labute approximate surface area is 150 Å². The van der Waals surface area contributed by atoms with E-state index in [-0.39, 0.29) is 4.31 Å². The second kappa shape index (κ2) is 8.58. The van der Waals surface area contributed by atoms with Gasteiger partial charge in [0.05, 0.1) is 11.5 Å². The van der Waals surface area contributed by atoms with Gasteiger partial charge in [-0.1, -0.05) is 12.1 Å². The Morgan fingerprint density at radius 3 is 2.41 bits per heavy atom. The molecular formula is C13H14F4N2O7S. The summed E-state index contributed by atoms with van der Waals surface area (Å²) in [5.41, 5.74) is -0.835. The highest BCUT2D eigenvalue weighted by atomic mass is 32.2. The van der Waals surface area contributed by atoms with E-state index in [1.165, 1.54) is 6.07 Å². The highest BCUT2D eigenvalue weighted by Crippen LogP contribution is 2.27. The van der Waals surface area contributed by atoms with E-state index in [0.717, 1.165) is 25.2 Å². The Kier molecular flexibility index (Phi) is 7.22. The number of nitrogens with zero attached hydrogens (tertiary/aromatic N) is 2. The Hall–Kier alpha value is -2.32. The maximum absolute atomic E-state index is 12.8. The van der Waals surface area contributed by atoms with Gasteiger partial charge < -0.3 is 9.84 Å². The van der Waals surface area contributed by atoms with Crippen molar-refractivity contribution in [3.8, 4) is 0 Å². The number of alkyl halides is 4. The second-order valence-electron chi connectivity index (χ2n) is 5.18. The fourth-order valence-corrected chi connectivity index (χ4v) is 3.30. The van der Waals surface area contributed by atoms with Crippen molar-refractivity contribution in [2.45, 2.75) is 23.3 Å². The quantitative estimate of drug-likeness (QED) is 0.347. The molecule has 14 heteroatoms. The monoisotopic (exact) mass is 418 g/mol. The average Bonchev–Trinajstić information content (AvgIpc) is 2.57. The molecular weight excluding hydrogens is 404 g/mol. The molecule has 0 bridgehead atoms. The lowest BCUT2D eigenvalue weighted by Crippen LogP contribution is -2.46. The summed E-state index contributed by atoms with van der Waals surface area (Å²) >= 11 is 0. The summed E-state index contributed by atoms with van der Waals surface area (Å²) in [5, 5.41) is 20.1. The van der Waals surface area contributed by atoms with E-state index in [4.69, 9.17) is 5.11 Å². The van der Waals surface area contributed by atoms with Crippen molar-refractivity contribution in [1.29, 1.82) is 0 Å². The molecule has 27 heavy (non-hydrogen) atoms. The molecule has 0 saturated heterocycles. The molecule has 0 aliphatic heterocycles. The topological polar surface area (TPSA) is 127 Å². The van der Waals surface area contributed by atoms with Crippen molar-refractivity contribution in [2.75, 3.05) is 20.3 Å². The fourth-order valence-electron chi connectivity index (χ4n) is 1.85. The van der Waals surface area contributed by atoms with E-state index >= 15 is 0 Å². The highest BCUT2D eigenvalue weighted by Gasteiger charge is 2.42. The van der Waals surface area contributed by atoms with E-state index in [9.17, 15) is 40.9 Å². The minimum absolute atomic E-state index is 0.165. The summed E-state index contributed by atoms with van der Waals surface area (Å²) < 4.78 is 79.2. The van der Waals surface area contributed by atoms with Crippen LogP contribution in [0, 0.1) is 10.1 Å². The molecule has 1 N–H and O–H groups in total. The van der Waals surface area contributed by atoms with Gasteiger partial charge in [0, 0.05) is 13.1 Å². The van der Waals surface area contributed by atoms with Gasteiger partial charge in [0.2, 0.25) is 0 Å². The molecule has 0 aliphatic rings. The zero-order valence-corrected chi connectivity index (χ0v) is 14.4. The van der Waals surface area contributed by atoms with Crippen molar-refractivity contribution in [3.63, 3.8) is 0 Å². The number of hydrogen-bond donors (Lipinski definition) is 1. The van der Waals surface area contributed by atoms with Gasteiger partial charge >= 0.3 is 18.3 Å². The van der Waals surface area contributed by atoms with Crippen LogP contribution in [0.4, 0.5) is 23.2 Å². The number of para-hydroxylation sites is 1. The number of carbonyl (C=O) groups is 1. The number of carboxylic acid groups (broad SMARTS) is 1. The zero-order chi connectivity index (χ0) is 21.0. The molecule has 0 saturated carbocycles. The lowest BCUT2D eigenvalue weighted by molar-refractivity contribution is -0.387. The number of halogens is 4. The van der Waals surface area contributed by atoms with Crippen LogP contribution in [0.25, 0.3) is 0 Å². The minimum Gasteiger partial charge on any atom is -0.480 e. The third kappa shape index (κ3) is 5.33. The predicted octanol–water partition coefficient (Wildman–Crippen LogP) is 1.59. The van der Waals surface area contributed by atoms with Crippen LogP contribution in [0.2, 0.25) is 0 Å². The van der Waals surface area contributed by atoms with Crippen LogP contribution in [0.1, 0.15) is 0 Å². The van der Waals surface area contributed by atoms with Gasteiger partial charge in [-0.2, -0.15) is 13.1 Å².